The molecule has 5 rings (SSSR count). The molecule has 0 radical (unpaired) electrons. The Balaban J connectivity index is 1.68. The summed E-state index contributed by atoms with van der Waals surface area (Å²) < 4.78 is 0. The predicted molar refractivity (Wildman–Crippen MR) is 159 cm³/mol. The second kappa shape index (κ2) is 11.6. The molecule has 2 aliphatic carbocycles. The van der Waals surface area contributed by atoms with Gasteiger partial charge in [0.25, 0.3) is 0 Å². The number of aryl methyl sites for hydroxylation is 2. The van der Waals surface area contributed by atoms with Crippen LogP contribution in [-0.4, -0.2) is 10.2 Å². The van der Waals surface area contributed by atoms with Gasteiger partial charge in [-0.2, -0.15) is 0 Å². The van der Waals surface area contributed by atoms with Crippen LogP contribution in [0.5, 0.6) is 11.5 Å². The monoisotopic (exact) mass is 510 g/mol. The minimum absolute atomic E-state index is 0.0575. The minimum atomic E-state index is 0.0575. The van der Waals surface area contributed by atoms with Crippen molar-refractivity contribution in [2.24, 2.45) is 0 Å². The van der Waals surface area contributed by atoms with Crippen molar-refractivity contribution in [3.8, 4) is 11.5 Å². The number of phenols is 2. The molecule has 0 aliphatic heterocycles. The molecule has 0 spiro atoms. The number of benzene rings is 3. The summed E-state index contributed by atoms with van der Waals surface area (Å²) in [5.74, 6) is 2.33. The van der Waals surface area contributed by atoms with Gasteiger partial charge in [-0.1, -0.05) is 88.8 Å². The lowest BCUT2D eigenvalue weighted by molar-refractivity contribution is 0.413. The predicted octanol–water partition coefficient (Wildman–Crippen LogP) is 10.1. The van der Waals surface area contributed by atoms with Gasteiger partial charge < -0.3 is 10.2 Å². The van der Waals surface area contributed by atoms with Gasteiger partial charge >= 0.3 is 0 Å². The maximum Gasteiger partial charge on any atom is 0.119 e. The molecule has 2 heteroatoms. The van der Waals surface area contributed by atoms with Crippen LogP contribution in [0, 0.1) is 13.8 Å². The number of hydrogen-bond donors (Lipinski definition) is 2. The van der Waals surface area contributed by atoms with Gasteiger partial charge in [0, 0.05) is 5.92 Å². The maximum atomic E-state index is 11.1. The lowest BCUT2D eigenvalue weighted by Crippen LogP contribution is -2.12. The maximum absolute atomic E-state index is 11.1. The van der Waals surface area contributed by atoms with Gasteiger partial charge in [0.2, 0.25) is 0 Å². The van der Waals surface area contributed by atoms with E-state index in [1.807, 2.05) is 12.1 Å². The molecule has 3 aromatic rings. The molecular weight excluding hydrogens is 464 g/mol. The first-order valence-electron chi connectivity index (χ1n) is 15.1. The van der Waals surface area contributed by atoms with Gasteiger partial charge in [-0.05, 0) is 114 Å². The molecule has 0 aromatic heterocycles. The number of aromatic hydroxyl groups is 2. The Morgan fingerprint density at radius 3 is 1.37 bits per heavy atom. The summed E-state index contributed by atoms with van der Waals surface area (Å²) in [4.78, 5) is 0. The number of phenolic OH excluding ortho intramolecular Hbond substituents is 2. The highest BCUT2D eigenvalue weighted by molar-refractivity contribution is 5.56. The average Bonchev–Trinajstić information content (AvgIpc) is 2.92. The van der Waals surface area contributed by atoms with Crippen molar-refractivity contribution in [1.29, 1.82) is 0 Å². The summed E-state index contributed by atoms with van der Waals surface area (Å²) in [5, 5.41) is 22.1. The Bertz CT molecular complexity index is 1170. The van der Waals surface area contributed by atoms with Crippen molar-refractivity contribution in [3.05, 3.63) is 93.0 Å². The van der Waals surface area contributed by atoms with Crippen molar-refractivity contribution < 1.29 is 10.2 Å². The van der Waals surface area contributed by atoms with E-state index in [1.165, 1.54) is 60.8 Å². The third-order valence-corrected chi connectivity index (χ3v) is 9.48. The molecule has 2 N–H and O–H groups in total. The van der Waals surface area contributed by atoms with E-state index in [9.17, 15) is 10.2 Å². The molecule has 2 saturated carbocycles. The minimum Gasteiger partial charge on any atom is -0.508 e. The van der Waals surface area contributed by atoms with Gasteiger partial charge in [-0.15, -0.1) is 0 Å². The van der Waals surface area contributed by atoms with E-state index in [1.54, 1.807) is 0 Å². The van der Waals surface area contributed by atoms with E-state index in [0.29, 0.717) is 29.3 Å². The van der Waals surface area contributed by atoms with Crippen LogP contribution in [0.4, 0.5) is 0 Å². The Kier molecular flexibility index (Phi) is 8.17. The van der Waals surface area contributed by atoms with Crippen molar-refractivity contribution in [2.45, 2.75) is 116 Å². The number of hydrogen-bond acceptors (Lipinski definition) is 2. The molecule has 2 nitrogen and oxygen atoms in total. The Morgan fingerprint density at radius 2 is 0.974 bits per heavy atom. The summed E-state index contributed by atoms with van der Waals surface area (Å²) in [6.07, 6.45) is 12.2. The lowest BCUT2D eigenvalue weighted by Gasteiger charge is -2.29. The molecule has 0 atom stereocenters. The third kappa shape index (κ3) is 5.51. The van der Waals surface area contributed by atoms with E-state index in [0.717, 1.165) is 47.9 Å². The van der Waals surface area contributed by atoms with Crippen molar-refractivity contribution in [1.82, 2.24) is 0 Å². The normalized spacial score (nSPS) is 17.4. The zero-order chi connectivity index (χ0) is 26.8. The fourth-order valence-corrected chi connectivity index (χ4v) is 7.16. The first kappa shape index (κ1) is 26.9. The van der Waals surface area contributed by atoms with Crippen LogP contribution in [-0.2, 0) is 0 Å². The van der Waals surface area contributed by atoms with Crippen LogP contribution < -0.4 is 0 Å². The summed E-state index contributed by atoms with van der Waals surface area (Å²) in [6.45, 7) is 8.78. The summed E-state index contributed by atoms with van der Waals surface area (Å²) in [6, 6.07) is 17.8. The average molecular weight is 511 g/mol. The second-order valence-electron chi connectivity index (χ2n) is 12.5. The van der Waals surface area contributed by atoms with E-state index >= 15 is 0 Å². The zero-order valence-corrected chi connectivity index (χ0v) is 23.9. The van der Waals surface area contributed by atoms with Crippen LogP contribution in [0.25, 0.3) is 0 Å². The fourth-order valence-electron chi connectivity index (χ4n) is 7.16. The Morgan fingerprint density at radius 1 is 0.579 bits per heavy atom. The first-order chi connectivity index (χ1) is 18.3. The van der Waals surface area contributed by atoms with Crippen LogP contribution >= 0.6 is 0 Å². The molecule has 2 aliphatic rings. The first-order valence-corrected chi connectivity index (χ1v) is 15.1. The molecule has 0 unspecified atom stereocenters. The third-order valence-electron chi connectivity index (χ3n) is 9.48. The van der Waals surface area contributed by atoms with Crippen molar-refractivity contribution in [3.63, 3.8) is 0 Å². The largest absolute Gasteiger partial charge is 0.508 e. The highest BCUT2D eigenvalue weighted by atomic mass is 16.3. The smallest absolute Gasteiger partial charge is 0.119 e. The zero-order valence-electron chi connectivity index (χ0n) is 23.9. The Hall–Kier alpha value is -2.74. The van der Waals surface area contributed by atoms with Gasteiger partial charge in [-0.3, -0.25) is 0 Å². The van der Waals surface area contributed by atoms with Crippen LogP contribution in [0.3, 0.4) is 0 Å². The molecule has 0 heterocycles. The van der Waals surface area contributed by atoms with Crippen molar-refractivity contribution >= 4 is 0 Å². The van der Waals surface area contributed by atoms with E-state index in [2.05, 4.69) is 64.1 Å². The van der Waals surface area contributed by atoms with E-state index in [-0.39, 0.29) is 5.92 Å². The van der Waals surface area contributed by atoms with Crippen LogP contribution in [0.2, 0.25) is 0 Å². The summed E-state index contributed by atoms with van der Waals surface area (Å²) in [5.41, 5.74) is 9.70. The summed E-state index contributed by atoms with van der Waals surface area (Å²) >= 11 is 0. The number of rotatable bonds is 6. The van der Waals surface area contributed by atoms with Crippen LogP contribution in [0.15, 0.2) is 48.5 Å². The standard InChI is InChI=1S/C36H46O2/c1-23(2)26-15-17-29(18-16-26)36(30-21-32(34(37)19-24(30)3)27-11-7-5-8-12-27)31-22-33(35(38)20-25(31)4)28-13-9-6-10-14-28/h15-23,27-28,36-38H,5-14H2,1-4H3. The highest BCUT2D eigenvalue weighted by Gasteiger charge is 2.28. The van der Waals surface area contributed by atoms with Crippen molar-refractivity contribution in [2.75, 3.05) is 0 Å². The van der Waals surface area contributed by atoms with E-state index in [4.69, 9.17) is 0 Å². The topological polar surface area (TPSA) is 40.5 Å². The van der Waals surface area contributed by atoms with Gasteiger partial charge in [-0.25, -0.2) is 0 Å². The molecule has 38 heavy (non-hydrogen) atoms. The van der Waals surface area contributed by atoms with Gasteiger partial charge in [0.1, 0.15) is 11.5 Å². The molecule has 3 aromatic carbocycles. The highest BCUT2D eigenvalue weighted by Crippen LogP contribution is 2.45. The molecule has 0 bridgehead atoms. The second-order valence-corrected chi connectivity index (χ2v) is 12.5. The molecular formula is C36H46O2. The fraction of sp³-hybridized carbons (Fsp3) is 0.500. The quantitative estimate of drug-likeness (QED) is 0.324. The molecule has 202 valence electrons. The van der Waals surface area contributed by atoms with E-state index < -0.39 is 0 Å². The van der Waals surface area contributed by atoms with Gasteiger partial charge in [0.05, 0.1) is 0 Å². The molecule has 0 saturated heterocycles. The molecule has 2 fully saturated rings. The SMILES string of the molecule is Cc1cc(O)c(C2CCCCC2)cc1C(c1ccc(C(C)C)cc1)c1cc(C2CCCCC2)c(O)cc1C. The van der Waals surface area contributed by atoms with Gasteiger partial charge in [0.15, 0.2) is 0 Å². The lowest BCUT2D eigenvalue weighted by atomic mass is 9.75. The summed E-state index contributed by atoms with van der Waals surface area (Å²) in [7, 11) is 0. The van der Waals surface area contributed by atoms with Crippen LogP contribution in [0.1, 0.15) is 146 Å². The molecule has 0 amide bonds. The Labute approximate surface area is 230 Å².